The summed E-state index contributed by atoms with van der Waals surface area (Å²) < 4.78 is 3.32. The van der Waals surface area contributed by atoms with E-state index in [9.17, 15) is 9.90 Å². The van der Waals surface area contributed by atoms with Crippen LogP contribution >= 0.6 is 23.5 Å². The highest BCUT2D eigenvalue weighted by molar-refractivity contribution is 8.00. The molecule has 0 bridgehead atoms. The zero-order valence-electron chi connectivity index (χ0n) is 17.0. The van der Waals surface area contributed by atoms with Crippen LogP contribution in [-0.2, 0) is 5.60 Å². The lowest BCUT2D eigenvalue weighted by Crippen LogP contribution is -2.61. The van der Waals surface area contributed by atoms with E-state index in [0.717, 1.165) is 27.0 Å². The predicted octanol–water partition coefficient (Wildman–Crippen LogP) is 5.35. The first-order valence-electron chi connectivity index (χ1n) is 10.2. The highest BCUT2D eigenvalue weighted by Crippen LogP contribution is 2.34. The Balaban J connectivity index is 1.22. The van der Waals surface area contributed by atoms with Crippen LogP contribution in [0.2, 0.25) is 5.02 Å². The van der Waals surface area contributed by atoms with E-state index in [2.05, 4.69) is 9.71 Å². The molecule has 4 aromatic rings. The number of hydrogen-bond donors (Lipinski definition) is 2. The molecule has 1 aromatic heterocycles. The number of nitrogens with zero attached hydrogens (tertiary/aromatic N) is 2. The van der Waals surface area contributed by atoms with Gasteiger partial charge in [-0.05, 0) is 66.0 Å². The number of hydrogen-bond acceptors (Lipinski definition) is 5. The van der Waals surface area contributed by atoms with Gasteiger partial charge in [-0.15, -0.1) is 0 Å². The number of fused-ring (bicyclic) bond motifs is 1. The van der Waals surface area contributed by atoms with Crippen LogP contribution in [0.3, 0.4) is 0 Å². The van der Waals surface area contributed by atoms with Crippen LogP contribution in [0.4, 0.5) is 5.69 Å². The molecule has 1 saturated heterocycles. The van der Waals surface area contributed by atoms with Gasteiger partial charge in [0.05, 0.1) is 23.5 Å². The Labute approximate surface area is 195 Å². The van der Waals surface area contributed by atoms with Crippen molar-refractivity contribution in [3.8, 4) is 0 Å². The number of pyridine rings is 1. The lowest BCUT2D eigenvalue weighted by Gasteiger charge is -2.46. The number of benzene rings is 3. The molecule has 2 N–H and O–H groups in total. The predicted molar refractivity (Wildman–Crippen MR) is 129 cm³/mol. The van der Waals surface area contributed by atoms with E-state index in [1.807, 2.05) is 48.5 Å². The Morgan fingerprint density at radius 3 is 2.56 bits per heavy atom. The van der Waals surface area contributed by atoms with Gasteiger partial charge in [-0.25, -0.2) is 0 Å². The van der Waals surface area contributed by atoms with Crippen LogP contribution in [0.5, 0.6) is 0 Å². The van der Waals surface area contributed by atoms with Gasteiger partial charge in [-0.1, -0.05) is 41.9 Å². The van der Waals surface area contributed by atoms with E-state index in [0.29, 0.717) is 10.6 Å². The second kappa shape index (κ2) is 8.47. The zero-order valence-corrected chi connectivity index (χ0v) is 18.6. The molecule has 0 unspecified atom stereocenters. The molecule has 3 aromatic carbocycles. The van der Waals surface area contributed by atoms with Crippen molar-refractivity contribution in [1.29, 1.82) is 0 Å². The van der Waals surface area contributed by atoms with Crippen LogP contribution < -0.4 is 4.72 Å². The van der Waals surface area contributed by atoms with Crippen LogP contribution in [-0.4, -0.2) is 34.0 Å². The van der Waals surface area contributed by atoms with Crippen molar-refractivity contribution >= 4 is 46.0 Å². The summed E-state index contributed by atoms with van der Waals surface area (Å²) in [5.74, 6) is -0.103. The van der Waals surface area contributed by atoms with E-state index in [1.165, 1.54) is 11.9 Å². The van der Waals surface area contributed by atoms with Crippen molar-refractivity contribution in [2.45, 2.75) is 10.5 Å². The number of halogens is 1. The van der Waals surface area contributed by atoms with Crippen LogP contribution in [0.25, 0.3) is 10.9 Å². The van der Waals surface area contributed by atoms with Crippen molar-refractivity contribution in [3.63, 3.8) is 0 Å². The lowest BCUT2D eigenvalue weighted by molar-refractivity contribution is -0.0863. The minimum absolute atomic E-state index is 0.103. The molecule has 7 heteroatoms. The number of para-hydroxylation sites is 1. The molecule has 32 heavy (non-hydrogen) atoms. The number of nitrogens with one attached hydrogen (secondary N) is 1. The number of rotatable bonds is 5. The molecule has 160 valence electrons. The van der Waals surface area contributed by atoms with Gasteiger partial charge in [0.15, 0.2) is 0 Å². The van der Waals surface area contributed by atoms with Crippen molar-refractivity contribution in [2.24, 2.45) is 0 Å². The van der Waals surface area contributed by atoms with Gasteiger partial charge in [0.1, 0.15) is 5.60 Å². The molecule has 1 aliphatic heterocycles. The average molecular weight is 462 g/mol. The molecule has 2 heterocycles. The molecule has 0 radical (unpaired) electrons. The van der Waals surface area contributed by atoms with Crippen molar-refractivity contribution in [2.75, 3.05) is 17.8 Å². The molecular formula is C25H20ClN3O2S. The molecule has 1 amide bonds. The van der Waals surface area contributed by atoms with Crippen LogP contribution in [0.1, 0.15) is 15.9 Å². The molecule has 0 aliphatic carbocycles. The summed E-state index contributed by atoms with van der Waals surface area (Å²) >= 11 is 7.52. The summed E-state index contributed by atoms with van der Waals surface area (Å²) in [5, 5.41) is 12.5. The molecular weight excluding hydrogens is 442 g/mol. The Morgan fingerprint density at radius 2 is 1.78 bits per heavy atom. The average Bonchev–Trinajstić information content (AvgIpc) is 2.80. The number of likely N-dealkylation sites (tertiary alicyclic amines) is 1. The fraction of sp³-hybridized carbons (Fsp3) is 0.120. The number of β-amino-alcohol motifs (C(OH)–C–C–N with tert-alkyl or cyclic N) is 1. The third kappa shape index (κ3) is 4.05. The maximum Gasteiger partial charge on any atom is 0.254 e. The zero-order chi connectivity index (χ0) is 22.1. The topological polar surface area (TPSA) is 65.5 Å². The third-order valence-corrected chi connectivity index (χ3v) is 6.68. The quantitative estimate of drug-likeness (QED) is 0.392. The Bertz CT molecular complexity index is 1280. The van der Waals surface area contributed by atoms with Crippen LogP contribution in [0.15, 0.2) is 90.0 Å². The number of carbonyl (C=O) groups is 1. The highest BCUT2D eigenvalue weighted by atomic mass is 35.5. The second-order valence-corrected chi connectivity index (χ2v) is 9.10. The number of amides is 1. The number of anilines is 1. The fourth-order valence-electron chi connectivity index (χ4n) is 3.83. The SMILES string of the molecule is O=C(c1ccc(NSc2cccc3cccnc23)cc1)N1CC(O)(c2cccc(Cl)c2)C1. The van der Waals surface area contributed by atoms with E-state index in [1.54, 1.807) is 41.4 Å². The van der Waals surface area contributed by atoms with E-state index < -0.39 is 5.60 Å². The van der Waals surface area contributed by atoms with E-state index >= 15 is 0 Å². The molecule has 1 fully saturated rings. The van der Waals surface area contributed by atoms with Crippen molar-refractivity contribution in [3.05, 3.63) is 101 Å². The highest BCUT2D eigenvalue weighted by Gasteiger charge is 2.45. The first-order chi connectivity index (χ1) is 15.5. The largest absolute Gasteiger partial charge is 0.381 e. The summed E-state index contributed by atoms with van der Waals surface area (Å²) in [5.41, 5.74) is 2.10. The summed E-state index contributed by atoms with van der Waals surface area (Å²) in [6.07, 6.45) is 1.79. The molecule has 0 spiro atoms. The lowest BCUT2D eigenvalue weighted by atomic mass is 9.85. The second-order valence-electron chi connectivity index (χ2n) is 7.82. The van der Waals surface area contributed by atoms with E-state index in [4.69, 9.17) is 11.6 Å². The molecule has 5 rings (SSSR count). The van der Waals surface area contributed by atoms with Gasteiger partial charge in [0.25, 0.3) is 5.91 Å². The summed E-state index contributed by atoms with van der Waals surface area (Å²) in [6.45, 7) is 0.492. The number of carbonyl (C=O) groups excluding carboxylic acids is 1. The normalized spacial score (nSPS) is 14.8. The maximum atomic E-state index is 12.8. The third-order valence-electron chi connectivity index (χ3n) is 5.56. The fourth-order valence-corrected chi connectivity index (χ4v) is 4.79. The van der Waals surface area contributed by atoms with Gasteiger partial charge in [-0.3, -0.25) is 9.78 Å². The molecule has 1 aliphatic rings. The Hall–Kier alpha value is -3.06. The minimum Gasteiger partial charge on any atom is -0.381 e. The number of aromatic nitrogens is 1. The summed E-state index contributed by atoms with van der Waals surface area (Å²) in [7, 11) is 0. The van der Waals surface area contributed by atoms with Crippen molar-refractivity contribution < 1.29 is 9.90 Å². The van der Waals surface area contributed by atoms with Crippen LogP contribution in [0, 0.1) is 0 Å². The first-order valence-corrected chi connectivity index (χ1v) is 11.4. The Kier molecular flexibility index (Phi) is 5.51. The first kappa shape index (κ1) is 20.8. The van der Waals surface area contributed by atoms with Gasteiger partial charge >= 0.3 is 0 Å². The van der Waals surface area contributed by atoms with Gasteiger partial charge in [-0.2, -0.15) is 0 Å². The van der Waals surface area contributed by atoms with Gasteiger partial charge in [0, 0.05) is 27.9 Å². The maximum absolute atomic E-state index is 12.8. The minimum atomic E-state index is -1.05. The Morgan fingerprint density at radius 1 is 1.03 bits per heavy atom. The standard InChI is InChI=1S/C25H20ClN3O2S/c26-20-7-2-6-19(14-20)25(31)15-29(16-25)24(30)18-9-11-21(12-10-18)28-32-22-8-1-4-17-5-3-13-27-23(17)22/h1-14,28,31H,15-16H2. The summed E-state index contributed by atoms with van der Waals surface area (Å²) in [4.78, 5) is 19.9. The molecule has 0 saturated carbocycles. The smallest absolute Gasteiger partial charge is 0.254 e. The van der Waals surface area contributed by atoms with E-state index in [-0.39, 0.29) is 19.0 Å². The van der Waals surface area contributed by atoms with Gasteiger partial charge < -0.3 is 14.7 Å². The summed E-state index contributed by atoms with van der Waals surface area (Å²) in [6, 6.07) is 24.5. The van der Waals surface area contributed by atoms with Crippen molar-refractivity contribution in [1.82, 2.24) is 9.88 Å². The number of aliphatic hydroxyl groups is 1. The molecule has 5 nitrogen and oxygen atoms in total. The monoisotopic (exact) mass is 461 g/mol. The molecule has 0 atom stereocenters. The van der Waals surface area contributed by atoms with Gasteiger partial charge in [0.2, 0.25) is 0 Å².